The summed E-state index contributed by atoms with van der Waals surface area (Å²) in [6, 6.07) is 0. The van der Waals surface area contributed by atoms with Gasteiger partial charge in [-0.15, -0.1) is 0 Å². The lowest BCUT2D eigenvalue weighted by Gasteiger charge is -1.91. The van der Waals surface area contributed by atoms with Gasteiger partial charge in [0.15, 0.2) is 0 Å². The molecule has 0 aromatic heterocycles. The van der Waals surface area contributed by atoms with Crippen molar-refractivity contribution in [3.8, 4) is 0 Å². The molecule has 0 unspecified atom stereocenters. The Morgan fingerprint density at radius 1 is 1.86 bits per heavy atom. The topological polar surface area (TPSA) is 23.9 Å². The molecule has 0 aromatic carbocycles. The predicted octanol–water partition coefficient (Wildman–Crippen LogP) is 1.30. The molecule has 7 heavy (non-hydrogen) atoms. The second-order valence-electron chi connectivity index (χ2n) is 1.19. The first-order chi connectivity index (χ1) is 3.31. The van der Waals surface area contributed by atoms with Gasteiger partial charge in [-0.25, -0.2) is 0 Å². The Morgan fingerprint density at radius 3 is 2.57 bits per heavy atom. The summed E-state index contributed by atoms with van der Waals surface area (Å²) < 4.78 is 0. The van der Waals surface area contributed by atoms with Crippen molar-refractivity contribution in [1.29, 1.82) is 5.41 Å². The van der Waals surface area contributed by atoms with Crippen molar-refractivity contribution >= 4 is 30.1 Å². The Balaban J connectivity index is 3.00. The minimum Gasteiger partial charge on any atom is -0.308 e. The number of hydrogen-bond acceptors (Lipinski definition) is 3. The highest BCUT2D eigenvalue weighted by atomic mass is 32.2. The van der Waals surface area contributed by atoms with Crippen LogP contribution in [0.15, 0.2) is 0 Å². The maximum atomic E-state index is 7.04. The van der Waals surface area contributed by atoms with Gasteiger partial charge in [-0.2, -0.15) is 24.4 Å². The van der Waals surface area contributed by atoms with Crippen LogP contribution in [0.25, 0.3) is 0 Å². The van der Waals surface area contributed by atoms with Gasteiger partial charge in [0.25, 0.3) is 0 Å². The normalized spacial score (nSPS) is 8.86. The van der Waals surface area contributed by atoms with E-state index in [9.17, 15) is 0 Å². The average molecular weight is 135 g/mol. The molecule has 1 N–H and O–H groups in total. The molecule has 0 heterocycles. The standard InChI is InChI=1S/C4H9NS2/c1-7-3-4(5)2-6/h5-6H,2-3H2,1H3. The van der Waals surface area contributed by atoms with E-state index >= 15 is 0 Å². The van der Waals surface area contributed by atoms with E-state index in [0.717, 1.165) is 5.75 Å². The molecule has 0 radical (unpaired) electrons. The summed E-state index contributed by atoms with van der Waals surface area (Å²) in [5, 5.41) is 7.04. The van der Waals surface area contributed by atoms with Crippen LogP contribution in [0.4, 0.5) is 0 Å². The van der Waals surface area contributed by atoms with Gasteiger partial charge in [0.05, 0.1) is 0 Å². The summed E-state index contributed by atoms with van der Waals surface area (Å²) in [4.78, 5) is 0. The molecule has 1 nitrogen and oxygen atoms in total. The number of hydrogen-bond donors (Lipinski definition) is 2. The molecule has 3 heteroatoms. The van der Waals surface area contributed by atoms with E-state index < -0.39 is 0 Å². The Morgan fingerprint density at radius 2 is 2.43 bits per heavy atom. The Hall–Kier alpha value is 0.370. The summed E-state index contributed by atoms with van der Waals surface area (Å²) in [5.41, 5.74) is 0.704. The van der Waals surface area contributed by atoms with Crippen molar-refractivity contribution in [2.45, 2.75) is 0 Å². The zero-order chi connectivity index (χ0) is 5.70. The van der Waals surface area contributed by atoms with Crippen LogP contribution in [0.5, 0.6) is 0 Å². The van der Waals surface area contributed by atoms with E-state index in [1.54, 1.807) is 11.8 Å². The fourth-order valence-corrected chi connectivity index (χ4v) is 0.933. The van der Waals surface area contributed by atoms with Crippen LogP contribution in [-0.4, -0.2) is 23.5 Å². The van der Waals surface area contributed by atoms with Crippen molar-refractivity contribution in [3.63, 3.8) is 0 Å². The second kappa shape index (κ2) is 4.53. The van der Waals surface area contributed by atoms with E-state index in [0.29, 0.717) is 11.5 Å². The van der Waals surface area contributed by atoms with Crippen molar-refractivity contribution in [1.82, 2.24) is 0 Å². The average Bonchev–Trinajstić information content (AvgIpc) is 1.68. The molecule has 0 saturated carbocycles. The van der Waals surface area contributed by atoms with Crippen molar-refractivity contribution in [2.24, 2.45) is 0 Å². The molecule has 0 spiro atoms. The summed E-state index contributed by atoms with van der Waals surface area (Å²) in [7, 11) is 0. The smallest absolute Gasteiger partial charge is 0.0317 e. The lowest BCUT2D eigenvalue weighted by Crippen LogP contribution is -1.99. The highest BCUT2D eigenvalue weighted by molar-refractivity contribution is 7.99. The Bertz CT molecular complexity index is 62.7. The predicted molar refractivity (Wildman–Crippen MR) is 40.0 cm³/mol. The highest BCUT2D eigenvalue weighted by Crippen LogP contribution is 1.92. The van der Waals surface area contributed by atoms with Gasteiger partial charge in [0.2, 0.25) is 0 Å². The van der Waals surface area contributed by atoms with Gasteiger partial charge in [-0.1, -0.05) is 0 Å². The third-order valence-electron chi connectivity index (χ3n) is 0.509. The number of thioether (sulfide) groups is 1. The SMILES string of the molecule is CSCC(=N)CS. The number of rotatable bonds is 3. The van der Waals surface area contributed by atoms with Crippen LogP contribution >= 0.6 is 24.4 Å². The second-order valence-corrected chi connectivity index (χ2v) is 2.38. The highest BCUT2D eigenvalue weighted by Gasteiger charge is 1.87. The fourth-order valence-electron chi connectivity index (χ4n) is 0.220. The fraction of sp³-hybridized carbons (Fsp3) is 0.750. The first-order valence-corrected chi connectivity index (χ1v) is 4.00. The first-order valence-electron chi connectivity index (χ1n) is 1.97. The van der Waals surface area contributed by atoms with Crippen molar-refractivity contribution in [2.75, 3.05) is 17.8 Å². The van der Waals surface area contributed by atoms with Crippen LogP contribution in [0.2, 0.25) is 0 Å². The summed E-state index contributed by atoms with van der Waals surface area (Å²) in [5.74, 6) is 1.42. The van der Waals surface area contributed by atoms with E-state index in [-0.39, 0.29) is 0 Å². The Labute approximate surface area is 53.8 Å². The van der Waals surface area contributed by atoms with Crippen LogP contribution in [0.3, 0.4) is 0 Å². The van der Waals surface area contributed by atoms with Crippen molar-refractivity contribution < 1.29 is 0 Å². The van der Waals surface area contributed by atoms with Gasteiger partial charge in [0, 0.05) is 17.2 Å². The van der Waals surface area contributed by atoms with E-state index in [4.69, 9.17) is 5.41 Å². The first kappa shape index (κ1) is 7.37. The Kier molecular flexibility index (Phi) is 4.77. The molecular weight excluding hydrogens is 126 g/mol. The van der Waals surface area contributed by atoms with E-state index in [1.165, 1.54) is 0 Å². The molecule has 0 aliphatic rings. The minimum absolute atomic E-state index is 0.598. The minimum atomic E-state index is 0.598. The molecule has 0 atom stereocenters. The van der Waals surface area contributed by atoms with Gasteiger partial charge < -0.3 is 5.41 Å². The molecule has 0 aliphatic heterocycles. The van der Waals surface area contributed by atoms with Crippen LogP contribution in [0, 0.1) is 5.41 Å². The third-order valence-corrected chi connectivity index (χ3v) is 1.53. The molecule has 0 amide bonds. The van der Waals surface area contributed by atoms with Crippen LogP contribution in [-0.2, 0) is 0 Å². The van der Waals surface area contributed by atoms with Gasteiger partial charge in [0.1, 0.15) is 0 Å². The molecule has 0 rings (SSSR count). The largest absolute Gasteiger partial charge is 0.308 e. The van der Waals surface area contributed by atoms with Gasteiger partial charge in [-0.05, 0) is 6.26 Å². The van der Waals surface area contributed by atoms with Gasteiger partial charge in [-0.3, -0.25) is 0 Å². The zero-order valence-corrected chi connectivity index (χ0v) is 5.98. The lowest BCUT2D eigenvalue weighted by molar-refractivity contribution is 1.47. The molecule has 0 aliphatic carbocycles. The quantitative estimate of drug-likeness (QED) is 0.442. The van der Waals surface area contributed by atoms with E-state index in [2.05, 4.69) is 12.6 Å². The van der Waals surface area contributed by atoms with Gasteiger partial charge >= 0.3 is 0 Å². The lowest BCUT2D eigenvalue weighted by atomic mass is 10.5. The van der Waals surface area contributed by atoms with Crippen LogP contribution in [0.1, 0.15) is 0 Å². The molecular formula is C4H9NS2. The summed E-state index contributed by atoms with van der Waals surface area (Å²) in [6.07, 6.45) is 1.98. The number of nitrogens with one attached hydrogen (secondary N) is 1. The summed E-state index contributed by atoms with van der Waals surface area (Å²) >= 11 is 5.57. The molecule has 0 saturated heterocycles. The maximum absolute atomic E-state index is 7.04. The van der Waals surface area contributed by atoms with Crippen LogP contribution < -0.4 is 0 Å². The molecule has 0 aromatic rings. The molecule has 0 fully saturated rings. The maximum Gasteiger partial charge on any atom is 0.0317 e. The third kappa shape index (κ3) is 4.22. The zero-order valence-electron chi connectivity index (χ0n) is 4.27. The van der Waals surface area contributed by atoms with E-state index in [1.807, 2.05) is 6.26 Å². The molecule has 42 valence electrons. The number of thiol groups is 1. The molecule has 0 bridgehead atoms. The summed E-state index contributed by atoms with van der Waals surface area (Å²) in [6.45, 7) is 0. The van der Waals surface area contributed by atoms with Crippen molar-refractivity contribution in [3.05, 3.63) is 0 Å². The monoisotopic (exact) mass is 135 g/mol.